The van der Waals surface area contributed by atoms with E-state index in [1.54, 1.807) is 23.1 Å². The summed E-state index contributed by atoms with van der Waals surface area (Å²) >= 11 is 0. The summed E-state index contributed by atoms with van der Waals surface area (Å²) in [6.07, 6.45) is -2.33. The van der Waals surface area contributed by atoms with Crippen LogP contribution in [0.3, 0.4) is 0 Å². The average molecular weight is 390 g/mol. The van der Waals surface area contributed by atoms with Crippen molar-refractivity contribution in [2.75, 3.05) is 19.7 Å². The van der Waals surface area contributed by atoms with Crippen LogP contribution in [-0.2, 0) is 15.7 Å². The second-order valence-corrected chi connectivity index (χ2v) is 6.56. The van der Waals surface area contributed by atoms with Crippen molar-refractivity contribution in [3.05, 3.63) is 54.0 Å². The van der Waals surface area contributed by atoms with E-state index in [9.17, 15) is 18.0 Å². The summed E-state index contributed by atoms with van der Waals surface area (Å²) in [7, 11) is 0. The maximum absolute atomic E-state index is 13.1. The first-order valence-electron chi connectivity index (χ1n) is 8.71. The van der Waals surface area contributed by atoms with Gasteiger partial charge in [-0.15, -0.1) is 0 Å². The molecule has 9 heteroatoms. The summed E-state index contributed by atoms with van der Waals surface area (Å²) in [6.45, 7) is 2.82. The molecule has 146 valence electrons. The molecule has 6 nitrogen and oxygen atoms in total. The molecule has 4 heterocycles. The van der Waals surface area contributed by atoms with Crippen molar-refractivity contribution in [1.82, 2.24) is 19.3 Å². The van der Waals surface area contributed by atoms with E-state index < -0.39 is 11.7 Å². The molecule has 0 aliphatic carbocycles. The number of hydrogen-bond donors (Lipinski definition) is 0. The zero-order valence-corrected chi connectivity index (χ0v) is 15.0. The molecule has 4 rings (SSSR count). The summed E-state index contributed by atoms with van der Waals surface area (Å²) in [4.78, 5) is 22.1. The molecule has 1 atom stereocenters. The molecule has 28 heavy (non-hydrogen) atoms. The third-order valence-electron chi connectivity index (χ3n) is 4.71. The molecule has 0 N–H and O–H groups in total. The van der Waals surface area contributed by atoms with Crippen LogP contribution in [0, 0.1) is 0 Å². The van der Waals surface area contributed by atoms with Gasteiger partial charge in [0.1, 0.15) is 11.8 Å². The largest absolute Gasteiger partial charge is 0.417 e. The van der Waals surface area contributed by atoms with E-state index in [1.165, 1.54) is 23.6 Å². The fraction of sp³-hybridized carbons (Fsp3) is 0.316. The van der Waals surface area contributed by atoms with Crippen LogP contribution < -0.4 is 0 Å². The Hall–Kier alpha value is -2.94. The first-order valence-corrected chi connectivity index (χ1v) is 8.71. The zero-order chi connectivity index (χ0) is 19.9. The van der Waals surface area contributed by atoms with Crippen molar-refractivity contribution >= 4 is 11.6 Å². The van der Waals surface area contributed by atoms with Gasteiger partial charge in [-0.05, 0) is 24.3 Å². The van der Waals surface area contributed by atoms with Gasteiger partial charge in [0.25, 0.3) is 0 Å². The van der Waals surface area contributed by atoms with Crippen LogP contribution in [-0.4, -0.2) is 44.9 Å². The SMILES string of the molecule is CC(=O)N1CCO[C@@H](c2cccc(-c3cnc4ccc(C(F)(F)F)cn34)n2)C1. The maximum Gasteiger partial charge on any atom is 0.417 e. The minimum atomic E-state index is -4.45. The second-order valence-electron chi connectivity index (χ2n) is 6.56. The molecule has 0 bridgehead atoms. The first-order chi connectivity index (χ1) is 13.3. The molecule has 1 fully saturated rings. The molecule has 0 unspecified atom stereocenters. The Morgan fingerprint density at radius 1 is 1.25 bits per heavy atom. The van der Waals surface area contributed by atoms with E-state index in [4.69, 9.17) is 4.74 Å². The van der Waals surface area contributed by atoms with Gasteiger partial charge in [0.05, 0.1) is 42.0 Å². The number of carbonyl (C=O) groups is 1. The van der Waals surface area contributed by atoms with E-state index in [2.05, 4.69) is 9.97 Å². The van der Waals surface area contributed by atoms with Crippen LogP contribution in [0.2, 0.25) is 0 Å². The summed E-state index contributed by atoms with van der Waals surface area (Å²) in [5.41, 5.74) is 1.18. The average Bonchev–Trinajstić information content (AvgIpc) is 3.11. The standard InChI is InChI=1S/C19H17F3N4O2/c1-12(27)25-7-8-28-17(11-25)15-4-2-3-14(24-15)16-9-23-18-6-5-13(10-26(16)18)19(20,21)22/h2-6,9-10,17H,7-8,11H2,1H3/t17-/m1/s1. The number of amides is 1. The number of morpholine rings is 1. The van der Waals surface area contributed by atoms with Crippen molar-refractivity contribution in [2.45, 2.75) is 19.2 Å². The lowest BCUT2D eigenvalue weighted by Crippen LogP contribution is -2.41. The normalized spacial score (nSPS) is 17.9. The van der Waals surface area contributed by atoms with Gasteiger partial charge in [-0.25, -0.2) is 9.97 Å². The Balaban J connectivity index is 1.71. The number of halogens is 3. The molecule has 1 aliphatic heterocycles. The highest BCUT2D eigenvalue weighted by Crippen LogP contribution is 2.31. The molecule has 0 saturated carbocycles. The van der Waals surface area contributed by atoms with Gasteiger partial charge < -0.3 is 9.64 Å². The molecular formula is C19H17F3N4O2. The number of nitrogens with zero attached hydrogens (tertiary/aromatic N) is 4. The molecule has 0 radical (unpaired) electrons. The van der Waals surface area contributed by atoms with Gasteiger partial charge in [0.15, 0.2) is 0 Å². The Labute approximate surface area is 158 Å². The fourth-order valence-corrected chi connectivity index (χ4v) is 3.23. The van der Waals surface area contributed by atoms with Crippen LogP contribution in [0.5, 0.6) is 0 Å². The molecule has 0 aromatic carbocycles. The van der Waals surface area contributed by atoms with Gasteiger partial charge >= 0.3 is 6.18 Å². The van der Waals surface area contributed by atoms with Crippen molar-refractivity contribution in [3.8, 4) is 11.4 Å². The number of imidazole rings is 1. The van der Waals surface area contributed by atoms with Gasteiger partial charge in [-0.3, -0.25) is 9.20 Å². The lowest BCUT2D eigenvalue weighted by molar-refractivity contribution is -0.138. The first kappa shape index (κ1) is 18.4. The predicted octanol–water partition coefficient (Wildman–Crippen LogP) is 3.33. The lowest BCUT2D eigenvalue weighted by Gasteiger charge is -2.32. The molecule has 0 spiro atoms. The highest BCUT2D eigenvalue weighted by Gasteiger charge is 2.31. The number of aromatic nitrogens is 3. The Morgan fingerprint density at radius 2 is 2.07 bits per heavy atom. The summed E-state index contributed by atoms with van der Waals surface area (Å²) < 4.78 is 46.3. The van der Waals surface area contributed by atoms with Crippen LogP contribution in [0.15, 0.2) is 42.7 Å². The smallest absolute Gasteiger partial charge is 0.368 e. The van der Waals surface area contributed by atoms with E-state index in [1.807, 2.05) is 0 Å². The number of alkyl halides is 3. The van der Waals surface area contributed by atoms with Crippen molar-refractivity contribution in [2.24, 2.45) is 0 Å². The van der Waals surface area contributed by atoms with Crippen LogP contribution in [0.4, 0.5) is 13.2 Å². The van der Waals surface area contributed by atoms with Gasteiger partial charge in [-0.1, -0.05) is 6.07 Å². The highest BCUT2D eigenvalue weighted by atomic mass is 19.4. The molecule has 1 amide bonds. The molecule has 3 aromatic rings. The predicted molar refractivity (Wildman–Crippen MR) is 94.4 cm³/mol. The molecule has 3 aromatic heterocycles. The number of fused-ring (bicyclic) bond motifs is 1. The Kier molecular flexibility index (Phi) is 4.54. The highest BCUT2D eigenvalue weighted by molar-refractivity contribution is 5.73. The number of ether oxygens (including phenoxy) is 1. The maximum atomic E-state index is 13.1. The number of pyridine rings is 2. The van der Waals surface area contributed by atoms with E-state index >= 15 is 0 Å². The van der Waals surface area contributed by atoms with Gasteiger partial charge in [0, 0.05) is 19.7 Å². The van der Waals surface area contributed by atoms with E-state index in [-0.39, 0.29) is 12.0 Å². The monoisotopic (exact) mass is 390 g/mol. The number of hydrogen-bond acceptors (Lipinski definition) is 4. The summed E-state index contributed by atoms with van der Waals surface area (Å²) in [6, 6.07) is 7.58. The molecular weight excluding hydrogens is 373 g/mol. The minimum absolute atomic E-state index is 0.0362. The van der Waals surface area contributed by atoms with Gasteiger partial charge in [-0.2, -0.15) is 13.2 Å². The van der Waals surface area contributed by atoms with E-state index in [0.717, 1.165) is 12.3 Å². The second kappa shape index (κ2) is 6.90. The lowest BCUT2D eigenvalue weighted by atomic mass is 10.1. The number of carbonyl (C=O) groups excluding carboxylic acids is 1. The third-order valence-corrected chi connectivity index (χ3v) is 4.71. The van der Waals surface area contributed by atoms with E-state index in [0.29, 0.717) is 42.4 Å². The fourth-order valence-electron chi connectivity index (χ4n) is 3.23. The Morgan fingerprint density at radius 3 is 2.82 bits per heavy atom. The molecule has 1 aliphatic rings. The van der Waals surface area contributed by atoms with Crippen molar-refractivity contribution < 1.29 is 22.7 Å². The quantitative estimate of drug-likeness (QED) is 0.674. The minimum Gasteiger partial charge on any atom is -0.368 e. The van der Waals surface area contributed by atoms with Crippen LogP contribution in [0.25, 0.3) is 17.0 Å². The van der Waals surface area contributed by atoms with Crippen LogP contribution >= 0.6 is 0 Å². The third kappa shape index (κ3) is 3.45. The van der Waals surface area contributed by atoms with Crippen molar-refractivity contribution in [1.29, 1.82) is 0 Å². The van der Waals surface area contributed by atoms with Crippen molar-refractivity contribution in [3.63, 3.8) is 0 Å². The number of rotatable bonds is 2. The Bertz CT molecular complexity index is 1030. The summed E-state index contributed by atoms with van der Waals surface area (Å²) in [5.74, 6) is -0.0362. The zero-order valence-electron chi connectivity index (χ0n) is 15.0. The molecule has 1 saturated heterocycles. The van der Waals surface area contributed by atoms with Gasteiger partial charge in [0.2, 0.25) is 5.91 Å². The summed E-state index contributed by atoms with van der Waals surface area (Å²) in [5, 5.41) is 0. The topological polar surface area (TPSA) is 59.7 Å². The van der Waals surface area contributed by atoms with Crippen LogP contribution in [0.1, 0.15) is 24.3 Å².